The first-order valence-electron chi connectivity index (χ1n) is 10.8. The summed E-state index contributed by atoms with van der Waals surface area (Å²) >= 11 is 0. The van der Waals surface area contributed by atoms with E-state index in [1.54, 1.807) is 0 Å². The van der Waals surface area contributed by atoms with Gasteiger partial charge in [-0.05, 0) is 25.0 Å². The predicted molar refractivity (Wildman–Crippen MR) is 117 cm³/mol. The molecule has 5 rings (SSSR count). The zero-order valence-electron chi connectivity index (χ0n) is 16.8. The molecule has 2 aliphatic rings. The van der Waals surface area contributed by atoms with Crippen molar-refractivity contribution in [3.8, 4) is 11.3 Å². The molecular weight excluding hydrogens is 358 g/mol. The van der Waals surface area contributed by atoms with Gasteiger partial charge in [-0.2, -0.15) is 0 Å². The van der Waals surface area contributed by atoms with Crippen LogP contribution in [0.15, 0.2) is 60.7 Å². The molecule has 3 aromatic rings. The number of fused-ring (bicyclic) bond motifs is 1. The number of hydrogen-bond donors (Lipinski definition) is 0. The fourth-order valence-corrected chi connectivity index (χ4v) is 4.84. The first-order valence-corrected chi connectivity index (χ1v) is 10.8. The molecule has 1 aromatic heterocycles. The van der Waals surface area contributed by atoms with Crippen molar-refractivity contribution in [2.24, 2.45) is 0 Å². The number of carbonyl (C=O) groups is 1. The van der Waals surface area contributed by atoms with Crippen molar-refractivity contribution in [3.05, 3.63) is 66.2 Å². The molecule has 1 amide bonds. The van der Waals surface area contributed by atoms with Gasteiger partial charge in [0.2, 0.25) is 0 Å². The van der Waals surface area contributed by atoms with Gasteiger partial charge in [-0.15, -0.1) is 0 Å². The van der Waals surface area contributed by atoms with Gasteiger partial charge in [0.1, 0.15) is 0 Å². The lowest BCUT2D eigenvalue weighted by Gasteiger charge is -2.38. The molecule has 0 radical (unpaired) electrons. The van der Waals surface area contributed by atoms with Crippen LogP contribution < -0.4 is 0 Å². The van der Waals surface area contributed by atoms with E-state index < -0.39 is 0 Å². The Hall–Kier alpha value is -2.72. The largest absolute Gasteiger partial charge is 0.336 e. The Kier molecular flexibility index (Phi) is 5.03. The number of piperazine rings is 1. The molecule has 2 heterocycles. The maximum Gasteiger partial charge on any atom is 0.254 e. The fourth-order valence-electron chi connectivity index (χ4n) is 4.84. The Morgan fingerprint density at radius 2 is 1.55 bits per heavy atom. The summed E-state index contributed by atoms with van der Waals surface area (Å²) in [6, 6.07) is 20.8. The third-order valence-corrected chi connectivity index (χ3v) is 6.46. The summed E-state index contributed by atoms with van der Waals surface area (Å²) in [7, 11) is 0. The molecule has 4 heteroatoms. The third-order valence-electron chi connectivity index (χ3n) is 6.46. The molecular formula is C25H27N3O. The number of rotatable bonds is 3. The van der Waals surface area contributed by atoms with E-state index in [2.05, 4.69) is 4.90 Å². The second-order valence-electron chi connectivity index (χ2n) is 8.20. The van der Waals surface area contributed by atoms with Crippen LogP contribution >= 0.6 is 0 Å². The molecule has 0 N–H and O–H groups in total. The summed E-state index contributed by atoms with van der Waals surface area (Å²) in [6.07, 6.45) is 5.36. The van der Waals surface area contributed by atoms with Gasteiger partial charge < -0.3 is 4.90 Å². The molecule has 2 aromatic carbocycles. The molecule has 1 aliphatic heterocycles. The van der Waals surface area contributed by atoms with Crippen LogP contribution in [0.2, 0.25) is 0 Å². The fraction of sp³-hybridized carbons (Fsp3) is 0.360. The van der Waals surface area contributed by atoms with E-state index in [1.807, 2.05) is 65.6 Å². The van der Waals surface area contributed by atoms with E-state index in [4.69, 9.17) is 4.98 Å². The lowest BCUT2D eigenvalue weighted by molar-refractivity contribution is 0.0575. The Labute approximate surface area is 172 Å². The molecule has 1 aliphatic carbocycles. The molecule has 4 nitrogen and oxygen atoms in total. The normalized spacial score (nSPS) is 18.4. The second kappa shape index (κ2) is 7.96. The number of aromatic nitrogens is 1. The highest BCUT2D eigenvalue weighted by Gasteiger charge is 2.29. The number of nitrogens with zero attached hydrogens (tertiary/aromatic N) is 3. The van der Waals surface area contributed by atoms with E-state index in [0.717, 1.165) is 59.9 Å². The van der Waals surface area contributed by atoms with Crippen LogP contribution in [-0.4, -0.2) is 52.9 Å². The Bertz CT molecular complexity index is 1000. The average Bonchev–Trinajstić information content (AvgIpc) is 3.34. The minimum absolute atomic E-state index is 0.131. The summed E-state index contributed by atoms with van der Waals surface area (Å²) < 4.78 is 0. The second-order valence-corrected chi connectivity index (χ2v) is 8.20. The highest BCUT2D eigenvalue weighted by Crippen LogP contribution is 2.27. The van der Waals surface area contributed by atoms with Crippen molar-refractivity contribution in [3.63, 3.8) is 0 Å². The van der Waals surface area contributed by atoms with E-state index in [9.17, 15) is 4.79 Å². The van der Waals surface area contributed by atoms with Gasteiger partial charge in [0.05, 0.1) is 16.8 Å². The van der Waals surface area contributed by atoms with E-state index in [-0.39, 0.29) is 5.91 Å². The van der Waals surface area contributed by atoms with Gasteiger partial charge in [0, 0.05) is 43.2 Å². The molecule has 0 unspecified atom stereocenters. The van der Waals surface area contributed by atoms with Crippen molar-refractivity contribution in [2.75, 3.05) is 26.2 Å². The summed E-state index contributed by atoms with van der Waals surface area (Å²) in [4.78, 5) is 22.9. The number of carbonyl (C=O) groups excluding carboxylic acids is 1. The van der Waals surface area contributed by atoms with Crippen LogP contribution in [0.1, 0.15) is 36.0 Å². The highest BCUT2D eigenvalue weighted by molar-refractivity contribution is 6.07. The average molecular weight is 386 g/mol. The lowest BCUT2D eigenvalue weighted by Crippen LogP contribution is -2.51. The molecule has 0 atom stereocenters. The minimum atomic E-state index is 0.131. The van der Waals surface area contributed by atoms with Crippen LogP contribution in [0, 0.1) is 0 Å². The number of amides is 1. The molecule has 0 bridgehead atoms. The number of benzene rings is 2. The van der Waals surface area contributed by atoms with Crippen molar-refractivity contribution in [1.82, 2.24) is 14.8 Å². The van der Waals surface area contributed by atoms with E-state index in [1.165, 1.54) is 25.7 Å². The zero-order valence-corrected chi connectivity index (χ0v) is 16.8. The topological polar surface area (TPSA) is 36.4 Å². The first kappa shape index (κ1) is 18.3. The van der Waals surface area contributed by atoms with Crippen LogP contribution in [0.25, 0.3) is 22.2 Å². The number of para-hydroxylation sites is 1. The monoisotopic (exact) mass is 385 g/mol. The Morgan fingerprint density at radius 1 is 0.862 bits per heavy atom. The highest BCUT2D eigenvalue weighted by atomic mass is 16.2. The Balaban J connectivity index is 1.44. The predicted octanol–water partition coefficient (Wildman–Crippen LogP) is 4.60. The molecule has 1 saturated carbocycles. The van der Waals surface area contributed by atoms with Gasteiger partial charge in [0.15, 0.2) is 0 Å². The Morgan fingerprint density at radius 3 is 2.31 bits per heavy atom. The van der Waals surface area contributed by atoms with Gasteiger partial charge in [-0.1, -0.05) is 61.4 Å². The molecule has 148 valence electrons. The van der Waals surface area contributed by atoms with Gasteiger partial charge >= 0.3 is 0 Å². The summed E-state index contributed by atoms with van der Waals surface area (Å²) in [5, 5.41) is 0.940. The lowest BCUT2D eigenvalue weighted by atomic mass is 10.0. The van der Waals surface area contributed by atoms with Crippen molar-refractivity contribution in [1.29, 1.82) is 0 Å². The van der Waals surface area contributed by atoms with Gasteiger partial charge in [-0.3, -0.25) is 9.69 Å². The number of hydrogen-bond acceptors (Lipinski definition) is 3. The zero-order chi connectivity index (χ0) is 19.6. The van der Waals surface area contributed by atoms with Gasteiger partial charge in [0.25, 0.3) is 5.91 Å². The minimum Gasteiger partial charge on any atom is -0.336 e. The molecule has 2 fully saturated rings. The SMILES string of the molecule is O=C(c1cc(-c2ccccc2)nc2ccccc12)N1CCN(C2CCCC2)CC1. The number of pyridine rings is 1. The van der Waals surface area contributed by atoms with Crippen LogP contribution in [0.4, 0.5) is 0 Å². The van der Waals surface area contributed by atoms with Crippen LogP contribution in [0.5, 0.6) is 0 Å². The van der Waals surface area contributed by atoms with E-state index >= 15 is 0 Å². The summed E-state index contributed by atoms with van der Waals surface area (Å²) in [6.45, 7) is 3.61. The first-order chi connectivity index (χ1) is 14.3. The van der Waals surface area contributed by atoms with E-state index in [0.29, 0.717) is 0 Å². The van der Waals surface area contributed by atoms with Crippen LogP contribution in [-0.2, 0) is 0 Å². The molecule has 1 saturated heterocycles. The van der Waals surface area contributed by atoms with Crippen LogP contribution in [0.3, 0.4) is 0 Å². The maximum atomic E-state index is 13.5. The maximum absolute atomic E-state index is 13.5. The molecule has 29 heavy (non-hydrogen) atoms. The summed E-state index contributed by atoms with van der Waals surface area (Å²) in [5.41, 5.74) is 3.54. The quantitative estimate of drug-likeness (QED) is 0.661. The van der Waals surface area contributed by atoms with Crippen molar-refractivity contribution >= 4 is 16.8 Å². The smallest absolute Gasteiger partial charge is 0.254 e. The standard InChI is InChI=1S/C25H27N3O/c29-25(28-16-14-27(15-17-28)20-10-4-5-11-20)22-18-24(19-8-2-1-3-9-19)26-23-13-7-6-12-21(22)23/h1-3,6-9,12-13,18,20H,4-5,10-11,14-17H2. The van der Waals surface area contributed by atoms with Gasteiger partial charge in [-0.25, -0.2) is 4.98 Å². The van der Waals surface area contributed by atoms with Crippen molar-refractivity contribution in [2.45, 2.75) is 31.7 Å². The summed E-state index contributed by atoms with van der Waals surface area (Å²) in [5.74, 6) is 0.131. The van der Waals surface area contributed by atoms with Crippen molar-refractivity contribution < 1.29 is 4.79 Å². The molecule has 0 spiro atoms. The third kappa shape index (κ3) is 3.65.